The molecule has 1 heterocycles. The Morgan fingerprint density at radius 1 is 1.41 bits per heavy atom. The molecule has 1 unspecified atom stereocenters. The van der Waals surface area contributed by atoms with Crippen LogP contribution in [0.5, 0.6) is 5.75 Å². The molecule has 0 aliphatic carbocycles. The molecule has 0 spiro atoms. The standard InChI is InChI=1S/C13H16N2O2/c1-10-2-3-13(16)11(8-10)12(9-14)15-4-6-17-7-5-15/h2-3,8,12,16H,4-7H2,1H3. The Morgan fingerprint density at radius 2 is 2.12 bits per heavy atom. The monoisotopic (exact) mass is 232 g/mol. The van der Waals surface area contributed by atoms with E-state index in [0.29, 0.717) is 18.8 Å². The molecule has 0 radical (unpaired) electrons. The lowest BCUT2D eigenvalue weighted by Gasteiger charge is -2.31. The second-order valence-electron chi connectivity index (χ2n) is 4.24. The average Bonchev–Trinajstić information content (AvgIpc) is 2.36. The number of morpholine rings is 1. The third kappa shape index (κ3) is 2.57. The largest absolute Gasteiger partial charge is 0.508 e. The quantitative estimate of drug-likeness (QED) is 0.841. The van der Waals surface area contributed by atoms with E-state index in [1.54, 1.807) is 6.07 Å². The Balaban J connectivity index is 2.28. The Labute approximate surface area is 101 Å². The maximum atomic E-state index is 9.86. The summed E-state index contributed by atoms with van der Waals surface area (Å²) in [5, 5.41) is 19.2. The van der Waals surface area contributed by atoms with Crippen molar-refractivity contribution in [3.63, 3.8) is 0 Å². The third-order valence-electron chi connectivity index (χ3n) is 3.01. The van der Waals surface area contributed by atoms with Gasteiger partial charge < -0.3 is 9.84 Å². The van der Waals surface area contributed by atoms with E-state index in [1.165, 1.54) is 0 Å². The maximum absolute atomic E-state index is 9.86. The Morgan fingerprint density at radius 3 is 2.76 bits per heavy atom. The van der Waals surface area contributed by atoms with Gasteiger partial charge in [-0.2, -0.15) is 5.26 Å². The number of rotatable bonds is 2. The second-order valence-corrected chi connectivity index (χ2v) is 4.24. The van der Waals surface area contributed by atoms with Crippen molar-refractivity contribution in [3.8, 4) is 11.8 Å². The van der Waals surface area contributed by atoms with Crippen LogP contribution in [0.25, 0.3) is 0 Å². The molecule has 17 heavy (non-hydrogen) atoms. The molecule has 1 N–H and O–H groups in total. The smallest absolute Gasteiger partial charge is 0.127 e. The van der Waals surface area contributed by atoms with E-state index in [4.69, 9.17) is 4.74 Å². The van der Waals surface area contributed by atoms with Crippen molar-refractivity contribution in [2.75, 3.05) is 26.3 Å². The summed E-state index contributed by atoms with van der Waals surface area (Å²) in [5.74, 6) is 0.189. The summed E-state index contributed by atoms with van der Waals surface area (Å²) in [6.45, 7) is 4.70. The van der Waals surface area contributed by atoms with E-state index in [0.717, 1.165) is 18.7 Å². The van der Waals surface area contributed by atoms with Crippen molar-refractivity contribution in [1.82, 2.24) is 4.90 Å². The molecule has 1 saturated heterocycles. The van der Waals surface area contributed by atoms with Crippen LogP contribution in [0.1, 0.15) is 17.2 Å². The minimum atomic E-state index is -0.390. The highest BCUT2D eigenvalue weighted by Crippen LogP contribution is 2.29. The summed E-state index contributed by atoms with van der Waals surface area (Å²) in [5.41, 5.74) is 1.74. The van der Waals surface area contributed by atoms with Crippen molar-refractivity contribution in [1.29, 1.82) is 5.26 Å². The first kappa shape index (κ1) is 11.9. The third-order valence-corrected chi connectivity index (χ3v) is 3.01. The molecular formula is C13H16N2O2. The summed E-state index contributed by atoms with van der Waals surface area (Å²) < 4.78 is 5.27. The van der Waals surface area contributed by atoms with Gasteiger partial charge in [-0.1, -0.05) is 11.6 Å². The fraction of sp³-hybridized carbons (Fsp3) is 0.462. The molecule has 1 fully saturated rings. The van der Waals surface area contributed by atoms with Gasteiger partial charge in [-0.05, 0) is 19.1 Å². The molecule has 2 rings (SSSR count). The van der Waals surface area contributed by atoms with Gasteiger partial charge in [-0.15, -0.1) is 0 Å². The lowest BCUT2D eigenvalue weighted by molar-refractivity contribution is 0.0262. The molecule has 0 aromatic heterocycles. The maximum Gasteiger partial charge on any atom is 0.127 e. The van der Waals surface area contributed by atoms with Crippen LogP contribution in [0.3, 0.4) is 0 Å². The van der Waals surface area contributed by atoms with E-state index >= 15 is 0 Å². The Bertz CT molecular complexity index is 434. The van der Waals surface area contributed by atoms with Gasteiger partial charge in [0.05, 0.1) is 19.3 Å². The first-order chi connectivity index (χ1) is 8.22. The molecule has 90 valence electrons. The molecule has 1 aliphatic heterocycles. The van der Waals surface area contributed by atoms with Gasteiger partial charge in [0.25, 0.3) is 0 Å². The van der Waals surface area contributed by atoms with Gasteiger partial charge in [0, 0.05) is 18.7 Å². The normalized spacial score (nSPS) is 18.6. The van der Waals surface area contributed by atoms with Crippen molar-refractivity contribution in [3.05, 3.63) is 29.3 Å². The molecule has 1 atom stereocenters. The van der Waals surface area contributed by atoms with Gasteiger partial charge in [0.2, 0.25) is 0 Å². The molecule has 0 bridgehead atoms. The summed E-state index contributed by atoms with van der Waals surface area (Å²) >= 11 is 0. The number of aryl methyl sites for hydroxylation is 1. The Kier molecular flexibility index (Phi) is 3.62. The van der Waals surface area contributed by atoms with Crippen LogP contribution in [0.2, 0.25) is 0 Å². The van der Waals surface area contributed by atoms with Gasteiger partial charge >= 0.3 is 0 Å². The predicted octanol–water partition coefficient (Wildman–Crippen LogP) is 1.60. The average molecular weight is 232 g/mol. The van der Waals surface area contributed by atoms with Gasteiger partial charge in [0.15, 0.2) is 0 Å². The highest BCUT2D eigenvalue weighted by Gasteiger charge is 2.24. The van der Waals surface area contributed by atoms with Crippen LogP contribution in [0.4, 0.5) is 0 Å². The molecule has 1 aromatic rings. The van der Waals surface area contributed by atoms with E-state index in [-0.39, 0.29) is 5.75 Å². The van der Waals surface area contributed by atoms with E-state index in [1.807, 2.05) is 24.0 Å². The number of phenols is 1. The lowest BCUT2D eigenvalue weighted by atomic mass is 10.0. The number of hydrogen-bond acceptors (Lipinski definition) is 4. The highest BCUT2D eigenvalue weighted by atomic mass is 16.5. The van der Waals surface area contributed by atoms with E-state index < -0.39 is 6.04 Å². The Hall–Kier alpha value is -1.57. The van der Waals surface area contributed by atoms with Crippen LogP contribution in [0.15, 0.2) is 18.2 Å². The SMILES string of the molecule is Cc1ccc(O)c(C(C#N)N2CCOCC2)c1. The molecule has 0 saturated carbocycles. The summed E-state index contributed by atoms with van der Waals surface area (Å²) in [6.07, 6.45) is 0. The minimum absolute atomic E-state index is 0.189. The predicted molar refractivity (Wildman–Crippen MR) is 63.6 cm³/mol. The van der Waals surface area contributed by atoms with Crippen molar-refractivity contribution in [2.45, 2.75) is 13.0 Å². The molecule has 1 aliphatic rings. The number of hydrogen-bond donors (Lipinski definition) is 1. The van der Waals surface area contributed by atoms with Crippen LogP contribution in [-0.4, -0.2) is 36.3 Å². The number of aromatic hydroxyl groups is 1. The van der Waals surface area contributed by atoms with E-state index in [2.05, 4.69) is 6.07 Å². The van der Waals surface area contributed by atoms with Gasteiger partial charge in [-0.3, -0.25) is 4.90 Å². The van der Waals surface area contributed by atoms with Gasteiger partial charge in [0.1, 0.15) is 11.8 Å². The zero-order valence-corrected chi connectivity index (χ0v) is 9.89. The molecule has 4 nitrogen and oxygen atoms in total. The summed E-state index contributed by atoms with van der Waals surface area (Å²) in [7, 11) is 0. The van der Waals surface area contributed by atoms with Crippen molar-refractivity contribution < 1.29 is 9.84 Å². The first-order valence-corrected chi connectivity index (χ1v) is 5.73. The number of nitriles is 1. The van der Waals surface area contributed by atoms with E-state index in [9.17, 15) is 10.4 Å². The fourth-order valence-corrected chi connectivity index (χ4v) is 2.08. The number of ether oxygens (including phenoxy) is 1. The summed E-state index contributed by atoms with van der Waals surface area (Å²) in [4.78, 5) is 2.04. The molecule has 4 heteroatoms. The molecule has 1 aromatic carbocycles. The molecular weight excluding hydrogens is 216 g/mol. The van der Waals surface area contributed by atoms with Crippen molar-refractivity contribution in [2.24, 2.45) is 0 Å². The lowest BCUT2D eigenvalue weighted by Crippen LogP contribution is -2.38. The number of phenolic OH excluding ortho intramolecular Hbond substituents is 1. The zero-order chi connectivity index (χ0) is 12.3. The molecule has 0 amide bonds. The number of nitrogens with zero attached hydrogens (tertiary/aromatic N) is 2. The van der Waals surface area contributed by atoms with Crippen LogP contribution in [-0.2, 0) is 4.74 Å². The van der Waals surface area contributed by atoms with Crippen molar-refractivity contribution >= 4 is 0 Å². The minimum Gasteiger partial charge on any atom is -0.508 e. The van der Waals surface area contributed by atoms with Crippen LogP contribution in [0, 0.1) is 18.3 Å². The second kappa shape index (κ2) is 5.17. The van der Waals surface area contributed by atoms with Crippen LogP contribution < -0.4 is 0 Å². The fourth-order valence-electron chi connectivity index (χ4n) is 2.08. The summed E-state index contributed by atoms with van der Waals surface area (Å²) in [6, 6.07) is 7.24. The first-order valence-electron chi connectivity index (χ1n) is 5.73. The van der Waals surface area contributed by atoms with Crippen LogP contribution >= 0.6 is 0 Å². The topological polar surface area (TPSA) is 56.5 Å². The zero-order valence-electron chi connectivity index (χ0n) is 9.89. The highest BCUT2D eigenvalue weighted by molar-refractivity contribution is 5.40. The van der Waals surface area contributed by atoms with Gasteiger partial charge in [-0.25, -0.2) is 0 Å². The number of benzene rings is 1.